The predicted octanol–water partition coefficient (Wildman–Crippen LogP) is 2.05. The molecule has 1 heterocycles. The Morgan fingerprint density at radius 3 is 2.52 bits per heavy atom. The van der Waals surface area contributed by atoms with Crippen molar-refractivity contribution in [1.29, 1.82) is 0 Å². The van der Waals surface area contributed by atoms with Crippen LogP contribution in [0, 0.1) is 6.92 Å². The van der Waals surface area contributed by atoms with Crippen LogP contribution in [0.4, 0.5) is 0 Å². The van der Waals surface area contributed by atoms with E-state index in [4.69, 9.17) is 9.47 Å². The third-order valence-corrected chi connectivity index (χ3v) is 2.80. The number of aliphatic hydroxyl groups is 1. The van der Waals surface area contributed by atoms with Crippen LogP contribution in [0.5, 0.6) is 5.75 Å². The zero-order valence-corrected chi connectivity index (χ0v) is 13.7. The van der Waals surface area contributed by atoms with E-state index in [0.717, 1.165) is 11.4 Å². The summed E-state index contributed by atoms with van der Waals surface area (Å²) >= 11 is 0. The van der Waals surface area contributed by atoms with Gasteiger partial charge in [-0.1, -0.05) is 13.8 Å². The van der Waals surface area contributed by atoms with Crippen molar-refractivity contribution in [3.05, 3.63) is 23.5 Å². The van der Waals surface area contributed by atoms with E-state index in [1.165, 1.54) is 0 Å². The summed E-state index contributed by atoms with van der Waals surface area (Å²) in [5.74, 6) is 0.706. The van der Waals surface area contributed by atoms with Gasteiger partial charge in [0.15, 0.2) is 0 Å². The second-order valence-corrected chi connectivity index (χ2v) is 5.78. The molecule has 0 aliphatic carbocycles. The molecule has 0 aliphatic heterocycles. The van der Waals surface area contributed by atoms with Gasteiger partial charge < -0.3 is 19.9 Å². The number of hydrogen-bond acceptors (Lipinski definition) is 5. The molecule has 2 N–H and O–H groups in total. The monoisotopic (exact) mass is 296 g/mol. The van der Waals surface area contributed by atoms with Gasteiger partial charge >= 0.3 is 0 Å². The molecule has 1 rings (SSSR count). The van der Waals surface area contributed by atoms with Crippen molar-refractivity contribution < 1.29 is 14.6 Å². The van der Waals surface area contributed by atoms with Crippen LogP contribution in [0.15, 0.2) is 12.1 Å². The summed E-state index contributed by atoms with van der Waals surface area (Å²) in [7, 11) is 0. The fraction of sp³-hybridized carbons (Fsp3) is 0.688. The molecule has 0 saturated carbocycles. The first kappa shape index (κ1) is 17.9. The SMILES string of the molecule is Cc1ccc(OCC(O)COC(C)C)c(CNC(C)C)n1. The van der Waals surface area contributed by atoms with E-state index in [1.807, 2.05) is 32.9 Å². The van der Waals surface area contributed by atoms with Crippen LogP contribution in [-0.2, 0) is 11.3 Å². The maximum atomic E-state index is 9.84. The number of hydrogen-bond donors (Lipinski definition) is 2. The van der Waals surface area contributed by atoms with Crippen molar-refractivity contribution in [2.24, 2.45) is 0 Å². The number of aromatic nitrogens is 1. The maximum absolute atomic E-state index is 9.84. The predicted molar refractivity (Wildman–Crippen MR) is 83.5 cm³/mol. The van der Waals surface area contributed by atoms with Crippen LogP contribution < -0.4 is 10.1 Å². The van der Waals surface area contributed by atoms with Crippen LogP contribution >= 0.6 is 0 Å². The van der Waals surface area contributed by atoms with Gasteiger partial charge in [0.05, 0.1) is 18.4 Å². The minimum absolute atomic E-state index is 0.103. The Bertz CT molecular complexity index is 422. The second kappa shape index (κ2) is 8.97. The molecule has 0 aromatic carbocycles. The average Bonchev–Trinajstić information content (AvgIpc) is 2.41. The van der Waals surface area contributed by atoms with E-state index in [2.05, 4.69) is 24.1 Å². The number of ether oxygens (including phenoxy) is 2. The standard InChI is InChI=1S/C16H28N2O3/c1-11(2)17-8-15-16(7-6-13(5)18-15)21-10-14(19)9-20-12(3)4/h6-7,11-12,14,17,19H,8-10H2,1-5H3. The highest BCUT2D eigenvalue weighted by Gasteiger charge is 2.11. The smallest absolute Gasteiger partial charge is 0.142 e. The summed E-state index contributed by atoms with van der Waals surface area (Å²) in [4.78, 5) is 4.50. The summed E-state index contributed by atoms with van der Waals surface area (Å²) in [5.41, 5.74) is 1.81. The molecular weight excluding hydrogens is 268 g/mol. The molecule has 0 radical (unpaired) electrons. The number of nitrogens with one attached hydrogen (secondary N) is 1. The summed E-state index contributed by atoms with van der Waals surface area (Å²) in [5, 5.41) is 13.2. The third kappa shape index (κ3) is 7.41. The van der Waals surface area contributed by atoms with Crippen molar-refractivity contribution in [3.63, 3.8) is 0 Å². The van der Waals surface area contributed by atoms with Crippen molar-refractivity contribution in [2.75, 3.05) is 13.2 Å². The van der Waals surface area contributed by atoms with Gasteiger partial charge in [-0.05, 0) is 32.9 Å². The Balaban J connectivity index is 2.56. The first-order valence-corrected chi connectivity index (χ1v) is 7.50. The fourth-order valence-electron chi connectivity index (χ4n) is 1.69. The Hall–Kier alpha value is -1.17. The minimum Gasteiger partial charge on any atom is -0.489 e. The molecule has 5 nitrogen and oxygen atoms in total. The van der Waals surface area contributed by atoms with Gasteiger partial charge in [0.2, 0.25) is 0 Å². The highest BCUT2D eigenvalue weighted by atomic mass is 16.5. The van der Waals surface area contributed by atoms with E-state index < -0.39 is 6.10 Å². The Morgan fingerprint density at radius 2 is 1.90 bits per heavy atom. The van der Waals surface area contributed by atoms with E-state index in [0.29, 0.717) is 18.3 Å². The average molecular weight is 296 g/mol. The van der Waals surface area contributed by atoms with Crippen LogP contribution in [0.1, 0.15) is 39.1 Å². The Morgan fingerprint density at radius 1 is 1.19 bits per heavy atom. The fourth-order valence-corrected chi connectivity index (χ4v) is 1.69. The third-order valence-electron chi connectivity index (χ3n) is 2.80. The molecule has 1 unspecified atom stereocenters. The molecule has 0 bridgehead atoms. The van der Waals surface area contributed by atoms with Gasteiger partial charge in [0, 0.05) is 18.3 Å². The van der Waals surface area contributed by atoms with Gasteiger partial charge in [-0.3, -0.25) is 4.98 Å². The molecule has 0 amide bonds. The largest absolute Gasteiger partial charge is 0.489 e. The minimum atomic E-state index is -0.639. The number of aryl methyl sites for hydroxylation is 1. The lowest BCUT2D eigenvalue weighted by atomic mass is 10.2. The van der Waals surface area contributed by atoms with Crippen molar-refractivity contribution in [3.8, 4) is 5.75 Å². The zero-order valence-electron chi connectivity index (χ0n) is 13.7. The Kier molecular flexibility index (Phi) is 7.64. The molecule has 0 fully saturated rings. The molecular formula is C16H28N2O3. The lowest BCUT2D eigenvalue weighted by molar-refractivity contribution is -0.0124. The van der Waals surface area contributed by atoms with Crippen molar-refractivity contribution in [2.45, 2.75) is 59.4 Å². The Labute approximate surface area is 127 Å². The lowest BCUT2D eigenvalue weighted by Gasteiger charge is -2.17. The molecule has 1 atom stereocenters. The number of rotatable bonds is 9. The van der Waals surface area contributed by atoms with E-state index >= 15 is 0 Å². The second-order valence-electron chi connectivity index (χ2n) is 5.78. The van der Waals surface area contributed by atoms with Crippen molar-refractivity contribution in [1.82, 2.24) is 10.3 Å². The molecule has 1 aromatic rings. The molecule has 0 aliphatic rings. The topological polar surface area (TPSA) is 63.6 Å². The normalized spacial score (nSPS) is 13.0. The van der Waals surface area contributed by atoms with Gasteiger partial charge in [-0.25, -0.2) is 0 Å². The number of aliphatic hydroxyl groups excluding tert-OH is 1. The quantitative estimate of drug-likeness (QED) is 0.730. The molecule has 5 heteroatoms. The van der Waals surface area contributed by atoms with Crippen LogP contribution in [-0.4, -0.2) is 41.6 Å². The van der Waals surface area contributed by atoms with Gasteiger partial charge in [-0.15, -0.1) is 0 Å². The zero-order chi connectivity index (χ0) is 15.8. The molecule has 120 valence electrons. The maximum Gasteiger partial charge on any atom is 0.142 e. The first-order chi connectivity index (χ1) is 9.88. The lowest BCUT2D eigenvalue weighted by Crippen LogP contribution is -2.26. The van der Waals surface area contributed by atoms with E-state index in [-0.39, 0.29) is 19.3 Å². The highest BCUT2D eigenvalue weighted by molar-refractivity contribution is 5.29. The summed E-state index contributed by atoms with van der Waals surface area (Å²) in [6, 6.07) is 4.19. The molecule has 1 aromatic heterocycles. The van der Waals surface area contributed by atoms with Gasteiger partial charge in [0.1, 0.15) is 18.5 Å². The first-order valence-electron chi connectivity index (χ1n) is 7.50. The van der Waals surface area contributed by atoms with Crippen LogP contribution in [0.3, 0.4) is 0 Å². The summed E-state index contributed by atoms with van der Waals surface area (Å²) < 4.78 is 11.0. The molecule has 0 spiro atoms. The summed E-state index contributed by atoms with van der Waals surface area (Å²) in [6.45, 7) is 11.1. The number of pyridine rings is 1. The summed E-state index contributed by atoms with van der Waals surface area (Å²) in [6.07, 6.45) is -0.536. The highest BCUT2D eigenvalue weighted by Crippen LogP contribution is 2.17. The van der Waals surface area contributed by atoms with E-state index in [9.17, 15) is 5.11 Å². The number of nitrogens with zero attached hydrogens (tertiary/aromatic N) is 1. The van der Waals surface area contributed by atoms with Gasteiger partial charge in [0.25, 0.3) is 0 Å². The van der Waals surface area contributed by atoms with Crippen LogP contribution in [0.25, 0.3) is 0 Å². The van der Waals surface area contributed by atoms with Gasteiger partial charge in [-0.2, -0.15) is 0 Å². The van der Waals surface area contributed by atoms with E-state index in [1.54, 1.807) is 0 Å². The molecule has 0 saturated heterocycles. The van der Waals surface area contributed by atoms with Crippen molar-refractivity contribution >= 4 is 0 Å². The molecule has 21 heavy (non-hydrogen) atoms. The van der Waals surface area contributed by atoms with Crippen LogP contribution in [0.2, 0.25) is 0 Å².